The van der Waals surface area contributed by atoms with E-state index in [0.717, 1.165) is 19.3 Å². The van der Waals surface area contributed by atoms with Gasteiger partial charge in [-0.25, -0.2) is 0 Å². The predicted octanol–water partition coefficient (Wildman–Crippen LogP) is 4.49. The zero-order valence-electron chi connectivity index (χ0n) is 11.8. The molecular formula is C16H26O. The fraction of sp³-hybridized carbons (Fsp3) is 0.750. The quantitative estimate of drug-likeness (QED) is 0.607. The molecule has 0 saturated heterocycles. The third kappa shape index (κ3) is 1.99. The summed E-state index contributed by atoms with van der Waals surface area (Å²) in [6.07, 6.45) is 8.18. The Bertz CT molecular complexity index is 351. The maximum Gasteiger partial charge on any atom is 0.0923 e. The standard InChI is InChI=1S/C16H26O/c1-12-7-6-8-13(2)16(17-5)11-15(3,4)14(16)10-9-12/h7,14H,2,6,8-11H2,1,3-5H3. The van der Waals surface area contributed by atoms with Gasteiger partial charge in [-0.05, 0) is 55.9 Å². The molecule has 0 amide bonds. The Kier molecular flexibility index (Phi) is 3.24. The first kappa shape index (κ1) is 12.9. The van der Waals surface area contributed by atoms with Crippen molar-refractivity contribution < 1.29 is 4.74 Å². The Hall–Kier alpha value is -0.560. The van der Waals surface area contributed by atoms with Crippen LogP contribution in [0.1, 0.15) is 52.9 Å². The Morgan fingerprint density at radius 1 is 1.35 bits per heavy atom. The first-order valence-electron chi connectivity index (χ1n) is 6.81. The van der Waals surface area contributed by atoms with Gasteiger partial charge in [-0.2, -0.15) is 0 Å². The van der Waals surface area contributed by atoms with Crippen LogP contribution >= 0.6 is 0 Å². The van der Waals surface area contributed by atoms with E-state index in [1.165, 1.54) is 24.0 Å². The second kappa shape index (κ2) is 4.28. The summed E-state index contributed by atoms with van der Waals surface area (Å²) in [5, 5.41) is 0. The van der Waals surface area contributed by atoms with E-state index in [-0.39, 0.29) is 5.60 Å². The van der Waals surface area contributed by atoms with Gasteiger partial charge in [0, 0.05) is 7.11 Å². The van der Waals surface area contributed by atoms with Gasteiger partial charge in [0.15, 0.2) is 0 Å². The minimum absolute atomic E-state index is 0.0258. The van der Waals surface area contributed by atoms with Gasteiger partial charge in [0.05, 0.1) is 5.60 Å². The van der Waals surface area contributed by atoms with Crippen LogP contribution in [-0.2, 0) is 4.74 Å². The van der Waals surface area contributed by atoms with Crippen molar-refractivity contribution in [1.29, 1.82) is 0 Å². The summed E-state index contributed by atoms with van der Waals surface area (Å²) >= 11 is 0. The highest BCUT2D eigenvalue weighted by molar-refractivity contribution is 5.27. The van der Waals surface area contributed by atoms with Gasteiger partial charge in [0.1, 0.15) is 0 Å². The van der Waals surface area contributed by atoms with Gasteiger partial charge in [0.2, 0.25) is 0 Å². The van der Waals surface area contributed by atoms with E-state index in [1.54, 1.807) is 0 Å². The third-order valence-electron chi connectivity index (χ3n) is 4.95. The molecule has 0 aromatic carbocycles. The Morgan fingerprint density at radius 2 is 2.06 bits per heavy atom. The SMILES string of the molecule is C=C1CCC=C(C)CCC2C(C)(C)CC12OC. The molecule has 0 N–H and O–H groups in total. The average Bonchev–Trinajstić information content (AvgIpc) is 2.29. The lowest BCUT2D eigenvalue weighted by molar-refractivity contribution is -0.178. The van der Waals surface area contributed by atoms with E-state index < -0.39 is 0 Å². The van der Waals surface area contributed by atoms with E-state index in [9.17, 15) is 0 Å². The van der Waals surface area contributed by atoms with Gasteiger partial charge >= 0.3 is 0 Å². The van der Waals surface area contributed by atoms with Crippen LogP contribution < -0.4 is 0 Å². The molecule has 96 valence electrons. The Morgan fingerprint density at radius 3 is 2.65 bits per heavy atom. The summed E-state index contributed by atoms with van der Waals surface area (Å²) in [7, 11) is 1.87. The Balaban J connectivity index is 2.27. The Labute approximate surface area is 106 Å². The molecule has 2 aliphatic carbocycles. The van der Waals surface area contributed by atoms with Gasteiger partial charge < -0.3 is 4.74 Å². The highest BCUT2D eigenvalue weighted by Gasteiger charge is 2.59. The molecule has 0 spiro atoms. The molecule has 1 fully saturated rings. The number of hydrogen-bond acceptors (Lipinski definition) is 1. The molecule has 2 aliphatic rings. The third-order valence-corrected chi connectivity index (χ3v) is 4.95. The fourth-order valence-corrected chi connectivity index (χ4v) is 3.96. The minimum atomic E-state index is -0.0258. The number of rotatable bonds is 1. The van der Waals surface area contributed by atoms with E-state index in [1.807, 2.05) is 7.11 Å². The smallest absolute Gasteiger partial charge is 0.0923 e. The monoisotopic (exact) mass is 234 g/mol. The van der Waals surface area contributed by atoms with E-state index in [2.05, 4.69) is 33.4 Å². The van der Waals surface area contributed by atoms with Gasteiger partial charge in [-0.1, -0.05) is 32.1 Å². The van der Waals surface area contributed by atoms with Crippen molar-refractivity contribution in [3.63, 3.8) is 0 Å². The van der Waals surface area contributed by atoms with Crippen LogP contribution in [0.3, 0.4) is 0 Å². The molecule has 17 heavy (non-hydrogen) atoms. The van der Waals surface area contributed by atoms with Crippen molar-refractivity contribution in [3.8, 4) is 0 Å². The van der Waals surface area contributed by atoms with Crippen LogP contribution in [0.2, 0.25) is 0 Å². The second-order valence-electron chi connectivity index (χ2n) is 6.54. The highest BCUT2D eigenvalue weighted by atomic mass is 16.5. The zero-order valence-corrected chi connectivity index (χ0v) is 11.8. The molecule has 1 heteroatoms. The van der Waals surface area contributed by atoms with E-state index >= 15 is 0 Å². The number of hydrogen-bond donors (Lipinski definition) is 0. The zero-order chi connectivity index (χ0) is 12.7. The summed E-state index contributed by atoms with van der Waals surface area (Å²) in [4.78, 5) is 0. The topological polar surface area (TPSA) is 9.23 Å². The molecule has 0 radical (unpaired) electrons. The van der Waals surface area contributed by atoms with E-state index in [0.29, 0.717) is 11.3 Å². The molecule has 1 saturated carbocycles. The lowest BCUT2D eigenvalue weighted by Gasteiger charge is -2.61. The molecule has 2 rings (SSSR count). The number of ether oxygens (including phenoxy) is 1. The van der Waals surface area contributed by atoms with Crippen LogP contribution in [0.15, 0.2) is 23.8 Å². The predicted molar refractivity (Wildman–Crippen MR) is 73.0 cm³/mol. The summed E-state index contributed by atoms with van der Waals surface area (Å²) < 4.78 is 5.93. The molecule has 0 aromatic heterocycles. The molecule has 1 nitrogen and oxygen atoms in total. The fourth-order valence-electron chi connectivity index (χ4n) is 3.96. The number of fused-ring (bicyclic) bond motifs is 1. The van der Waals surface area contributed by atoms with Crippen LogP contribution in [0.5, 0.6) is 0 Å². The normalized spacial score (nSPS) is 37.1. The van der Waals surface area contributed by atoms with Crippen LogP contribution in [0.25, 0.3) is 0 Å². The van der Waals surface area contributed by atoms with Crippen LogP contribution in [-0.4, -0.2) is 12.7 Å². The largest absolute Gasteiger partial charge is 0.374 e. The second-order valence-corrected chi connectivity index (χ2v) is 6.54. The molecule has 2 atom stereocenters. The van der Waals surface area contributed by atoms with Gasteiger partial charge in [-0.15, -0.1) is 0 Å². The van der Waals surface area contributed by atoms with E-state index in [4.69, 9.17) is 4.74 Å². The van der Waals surface area contributed by atoms with Gasteiger partial charge in [-0.3, -0.25) is 0 Å². The van der Waals surface area contributed by atoms with Crippen molar-refractivity contribution in [3.05, 3.63) is 23.8 Å². The lowest BCUT2D eigenvalue weighted by atomic mass is 9.49. The number of allylic oxidation sites excluding steroid dienone is 2. The molecule has 2 unspecified atom stereocenters. The molecule has 0 aliphatic heterocycles. The molecular weight excluding hydrogens is 208 g/mol. The summed E-state index contributed by atoms with van der Waals surface area (Å²) in [5.74, 6) is 0.633. The first-order chi connectivity index (χ1) is 7.92. The molecule has 0 heterocycles. The first-order valence-corrected chi connectivity index (χ1v) is 6.81. The van der Waals surface area contributed by atoms with Crippen molar-refractivity contribution in [2.45, 2.75) is 58.5 Å². The molecule has 0 aromatic rings. The van der Waals surface area contributed by atoms with Crippen molar-refractivity contribution in [2.24, 2.45) is 11.3 Å². The summed E-state index contributed by atoms with van der Waals surface area (Å²) in [6.45, 7) is 11.3. The van der Waals surface area contributed by atoms with Crippen LogP contribution in [0.4, 0.5) is 0 Å². The summed E-state index contributed by atoms with van der Waals surface area (Å²) in [5.41, 5.74) is 3.23. The van der Waals surface area contributed by atoms with Crippen LogP contribution in [0, 0.1) is 11.3 Å². The lowest BCUT2D eigenvalue weighted by Crippen LogP contribution is -2.60. The van der Waals surface area contributed by atoms with Crippen molar-refractivity contribution >= 4 is 0 Å². The van der Waals surface area contributed by atoms with Gasteiger partial charge in [0.25, 0.3) is 0 Å². The van der Waals surface area contributed by atoms with Crippen molar-refractivity contribution in [1.82, 2.24) is 0 Å². The maximum absolute atomic E-state index is 5.93. The average molecular weight is 234 g/mol. The number of methoxy groups -OCH3 is 1. The minimum Gasteiger partial charge on any atom is -0.374 e. The van der Waals surface area contributed by atoms with Crippen molar-refractivity contribution in [2.75, 3.05) is 7.11 Å². The maximum atomic E-state index is 5.93. The summed E-state index contributed by atoms with van der Waals surface area (Å²) in [6, 6.07) is 0. The highest BCUT2D eigenvalue weighted by Crippen LogP contribution is 2.60. The molecule has 0 bridgehead atoms.